The number of aromatic nitrogens is 2. The number of fused-ring (bicyclic) bond motifs is 1. The van der Waals surface area contributed by atoms with E-state index in [9.17, 15) is 0 Å². The van der Waals surface area contributed by atoms with Crippen molar-refractivity contribution in [3.05, 3.63) is 47.8 Å². The van der Waals surface area contributed by atoms with Crippen LogP contribution in [-0.4, -0.2) is 28.0 Å². The second-order valence-corrected chi connectivity index (χ2v) is 4.65. The summed E-state index contributed by atoms with van der Waals surface area (Å²) >= 11 is 0. The van der Waals surface area contributed by atoms with Gasteiger partial charge in [-0.05, 0) is 25.0 Å². The van der Waals surface area contributed by atoms with Crippen molar-refractivity contribution >= 4 is 11.5 Å². The number of hydrogen-bond donors (Lipinski definition) is 1. The zero-order chi connectivity index (χ0) is 12.5. The van der Waals surface area contributed by atoms with E-state index in [-0.39, 0.29) is 6.04 Å². The second kappa shape index (κ2) is 4.29. The summed E-state index contributed by atoms with van der Waals surface area (Å²) in [5.41, 5.74) is 3.56. The Morgan fingerprint density at radius 1 is 1.33 bits per heavy atom. The molecule has 0 spiro atoms. The lowest BCUT2D eigenvalue weighted by Crippen LogP contribution is -2.29. The summed E-state index contributed by atoms with van der Waals surface area (Å²) in [6.07, 6.45) is 4.80. The first-order valence-electron chi connectivity index (χ1n) is 6.10. The van der Waals surface area contributed by atoms with E-state index in [1.54, 1.807) is 0 Å². The molecule has 1 N–H and O–H groups in total. The Labute approximate surface area is 106 Å². The zero-order valence-corrected chi connectivity index (χ0v) is 10.6. The van der Waals surface area contributed by atoms with Crippen LogP contribution in [0.2, 0.25) is 0 Å². The second-order valence-electron chi connectivity index (χ2n) is 4.65. The van der Waals surface area contributed by atoms with E-state index in [4.69, 9.17) is 4.99 Å². The number of hydrogen-bond acceptors (Lipinski definition) is 3. The highest BCUT2D eigenvalue weighted by molar-refractivity contribution is 5.84. The van der Waals surface area contributed by atoms with Gasteiger partial charge in [0.05, 0.1) is 17.9 Å². The van der Waals surface area contributed by atoms with E-state index in [1.807, 2.05) is 18.5 Å². The molecule has 1 aliphatic heterocycles. The van der Waals surface area contributed by atoms with Gasteiger partial charge in [0.15, 0.2) is 0 Å². The van der Waals surface area contributed by atoms with Gasteiger partial charge in [0.25, 0.3) is 0 Å². The maximum absolute atomic E-state index is 4.69. The van der Waals surface area contributed by atoms with Crippen LogP contribution in [0.15, 0.2) is 41.7 Å². The number of aliphatic imine (C=N–C) groups is 1. The van der Waals surface area contributed by atoms with Crippen LogP contribution < -0.4 is 0 Å². The predicted molar refractivity (Wildman–Crippen MR) is 72.0 cm³/mol. The highest BCUT2D eigenvalue weighted by Crippen LogP contribution is 2.32. The van der Waals surface area contributed by atoms with Gasteiger partial charge in [-0.25, -0.2) is 4.99 Å². The molecule has 0 saturated carbocycles. The lowest BCUT2D eigenvalue weighted by atomic mass is 10.00. The molecule has 3 rings (SSSR count). The molecule has 0 radical (unpaired) electrons. The lowest BCUT2D eigenvalue weighted by Gasteiger charge is -2.27. The van der Waals surface area contributed by atoms with Gasteiger partial charge in [-0.2, -0.15) is 5.10 Å². The van der Waals surface area contributed by atoms with Crippen LogP contribution in [0.25, 0.3) is 0 Å². The highest BCUT2D eigenvalue weighted by atomic mass is 15.2. The number of amidine groups is 1. The molecule has 1 aromatic heterocycles. The lowest BCUT2D eigenvalue weighted by molar-refractivity contribution is 0.374. The average molecular weight is 240 g/mol. The largest absolute Gasteiger partial charge is 0.356 e. The summed E-state index contributed by atoms with van der Waals surface area (Å²) in [5.74, 6) is 1.03. The fourth-order valence-electron chi connectivity index (χ4n) is 2.40. The van der Waals surface area contributed by atoms with Crippen molar-refractivity contribution in [3.63, 3.8) is 0 Å². The van der Waals surface area contributed by atoms with E-state index in [0.717, 1.165) is 17.9 Å². The van der Waals surface area contributed by atoms with Crippen LogP contribution in [0.1, 0.15) is 24.1 Å². The number of likely N-dealkylation sites (N-methyl/N-ethyl adjacent to an activating group) is 1. The predicted octanol–water partition coefficient (Wildman–Crippen LogP) is 2.69. The monoisotopic (exact) mass is 240 g/mol. The van der Waals surface area contributed by atoms with Crippen LogP contribution >= 0.6 is 0 Å². The molecule has 1 atom stereocenters. The molecule has 4 heteroatoms. The number of benzene rings is 1. The normalized spacial score (nSPS) is 19.1. The topological polar surface area (TPSA) is 44.3 Å². The molecule has 1 aromatic carbocycles. The van der Waals surface area contributed by atoms with Crippen LogP contribution in [-0.2, 0) is 6.42 Å². The number of para-hydroxylation sites is 1. The van der Waals surface area contributed by atoms with Gasteiger partial charge in [-0.3, -0.25) is 5.10 Å². The van der Waals surface area contributed by atoms with Crippen molar-refractivity contribution in [1.82, 2.24) is 15.1 Å². The zero-order valence-electron chi connectivity index (χ0n) is 10.6. The SMILES string of the molecule is CC1=Nc2ccccc2CC(c2cn[nH]c2)N1C. The summed E-state index contributed by atoms with van der Waals surface area (Å²) < 4.78 is 0. The minimum atomic E-state index is 0.288. The van der Waals surface area contributed by atoms with E-state index >= 15 is 0 Å². The number of aromatic amines is 1. The maximum atomic E-state index is 4.69. The number of rotatable bonds is 1. The molecule has 1 unspecified atom stereocenters. The fourth-order valence-corrected chi connectivity index (χ4v) is 2.40. The fraction of sp³-hybridized carbons (Fsp3) is 0.286. The first kappa shape index (κ1) is 11.0. The van der Waals surface area contributed by atoms with Gasteiger partial charge in [-0.15, -0.1) is 0 Å². The minimum absolute atomic E-state index is 0.288. The Hall–Kier alpha value is -2.10. The smallest absolute Gasteiger partial charge is 0.102 e. The molecule has 0 amide bonds. The molecule has 0 bridgehead atoms. The molecule has 4 nitrogen and oxygen atoms in total. The Balaban J connectivity index is 2.07. The van der Waals surface area contributed by atoms with Crippen LogP contribution in [0.4, 0.5) is 5.69 Å². The van der Waals surface area contributed by atoms with E-state index in [2.05, 4.69) is 47.3 Å². The van der Waals surface area contributed by atoms with Gasteiger partial charge in [0.2, 0.25) is 0 Å². The van der Waals surface area contributed by atoms with Crippen molar-refractivity contribution in [2.24, 2.45) is 4.99 Å². The van der Waals surface area contributed by atoms with Crippen molar-refractivity contribution < 1.29 is 0 Å². The minimum Gasteiger partial charge on any atom is -0.356 e. The maximum Gasteiger partial charge on any atom is 0.102 e. The summed E-state index contributed by atoms with van der Waals surface area (Å²) in [4.78, 5) is 6.91. The summed E-state index contributed by atoms with van der Waals surface area (Å²) in [6.45, 7) is 2.05. The van der Waals surface area contributed by atoms with Gasteiger partial charge < -0.3 is 4.90 Å². The standard InChI is InChI=1S/C14H16N4/c1-10-17-13-6-4-3-5-11(13)7-14(18(10)2)12-8-15-16-9-12/h3-6,8-9,14H,7H2,1-2H3,(H,15,16). The molecule has 0 fully saturated rings. The molecule has 18 heavy (non-hydrogen) atoms. The van der Waals surface area contributed by atoms with Crippen LogP contribution in [0, 0.1) is 0 Å². The van der Waals surface area contributed by atoms with E-state index in [1.165, 1.54) is 11.1 Å². The van der Waals surface area contributed by atoms with Crippen LogP contribution in [0.5, 0.6) is 0 Å². The first-order valence-corrected chi connectivity index (χ1v) is 6.10. The third-order valence-electron chi connectivity index (χ3n) is 3.57. The van der Waals surface area contributed by atoms with E-state index < -0.39 is 0 Å². The van der Waals surface area contributed by atoms with Crippen molar-refractivity contribution in [2.45, 2.75) is 19.4 Å². The average Bonchev–Trinajstić information content (AvgIpc) is 2.86. The van der Waals surface area contributed by atoms with Crippen molar-refractivity contribution in [3.8, 4) is 0 Å². The third-order valence-corrected chi connectivity index (χ3v) is 3.57. The summed E-state index contributed by atoms with van der Waals surface area (Å²) in [5, 5.41) is 6.94. The molecule has 2 heterocycles. The molecule has 0 aliphatic carbocycles. The van der Waals surface area contributed by atoms with Gasteiger partial charge >= 0.3 is 0 Å². The highest BCUT2D eigenvalue weighted by Gasteiger charge is 2.23. The first-order chi connectivity index (χ1) is 8.75. The Morgan fingerprint density at radius 2 is 2.17 bits per heavy atom. The third kappa shape index (κ3) is 1.79. The van der Waals surface area contributed by atoms with Gasteiger partial charge in [-0.1, -0.05) is 18.2 Å². The molecule has 1 aliphatic rings. The molecular formula is C14H16N4. The van der Waals surface area contributed by atoms with Gasteiger partial charge in [0, 0.05) is 18.8 Å². The molecule has 92 valence electrons. The van der Waals surface area contributed by atoms with E-state index in [0.29, 0.717) is 0 Å². The van der Waals surface area contributed by atoms with Gasteiger partial charge in [0.1, 0.15) is 5.84 Å². The molecule has 2 aromatic rings. The van der Waals surface area contributed by atoms with Crippen molar-refractivity contribution in [1.29, 1.82) is 0 Å². The Morgan fingerprint density at radius 3 is 2.94 bits per heavy atom. The van der Waals surface area contributed by atoms with Crippen LogP contribution in [0.3, 0.4) is 0 Å². The Bertz CT molecular complexity index is 571. The number of nitrogens with zero attached hydrogens (tertiary/aromatic N) is 3. The summed E-state index contributed by atoms with van der Waals surface area (Å²) in [7, 11) is 2.09. The number of H-pyrrole nitrogens is 1. The summed E-state index contributed by atoms with van der Waals surface area (Å²) in [6, 6.07) is 8.62. The Kier molecular flexibility index (Phi) is 2.63. The molecular weight excluding hydrogens is 224 g/mol. The quantitative estimate of drug-likeness (QED) is 0.833. The van der Waals surface area contributed by atoms with Crippen molar-refractivity contribution in [2.75, 3.05) is 7.05 Å². The molecule has 0 saturated heterocycles. The number of nitrogens with one attached hydrogen (secondary N) is 1.